The number of hydrazine groups is 2. The van der Waals surface area contributed by atoms with Crippen molar-refractivity contribution in [2.75, 3.05) is 18.1 Å². The minimum Gasteiger partial charge on any atom is -0.294 e. The molecule has 0 spiro atoms. The van der Waals surface area contributed by atoms with Crippen LogP contribution in [0.15, 0.2) is 42.5 Å². The van der Waals surface area contributed by atoms with Crippen molar-refractivity contribution >= 4 is 52.2 Å². The van der Waals surface area contributed by atoms with Crippen LogP contribution >= 0.6 is 34.8 Å². The highest BCUT2D eigenvalue weighted by molar-refractivity contribution is 6.36. The first-order chi connectivity index (χ1) is 14.4. The number of amides is 1. The molecule has 2 N–H and O–H groups in total. The zero-order valence-electron chi connectivity index (χ0n) is 16.1. The van der Waals surface area contributed by atoms with Crippen LogP contribution in [0.25, 0.3) is 0 Å². The van der Waals surface area contributed by atoms with Crippen LogP contribution in [0, 0.1) is 0 Å². The van der Waals surface area contributed by atoms with Gasteiger partial charge in [-0.2, -0.15) is 0 Å². The Morgan fingerprint density at radius 1 is 0.967 bits per heavy atom. The lowest BCUT2D eigenvalue weighted by atomic mass is 9.99. The standard InChI is InChI=1S/C21H21Cl3N4O2/c22-14-6-4-13(5-7-14)19-20(29)18(21(30)26-27-10-2-1-3-11-27)25-28(19)17-9-8-15(23)12-16(17)24/h4-9,12,18-19,25H,1-3,10-11H2,(H,26,30). The molecule has 2 aromatic carbocycles. The van der Waals surface area contributed by atoms with Gasteiger partial charge in [0.15, 0.2) is 11.8 Å². The van der Waals surface area contributed by atoms with E-state index in [1.54, 1.807) is 47.5 Å². The van der Waals surface area contributed by atoms with E-state index in [1.807, 2.05) is 5.01 Å². The number of hydrogen-bond acceptors (Lipinski definition) is 5. The Bertz CT molecular complexity index is 948. The number of piperidine rings is 1. The maximum absolute atomic E-state index is 13.4. The molecule has 2 aliphatic heterocycles. The molecular weight excluding hydrogens is 447 g/mol. The van der Waals surface area contributed by atoms with Gasteiger partial charge in [-0.3, -0.25) is 20.0 Å². The minimum atomic E-state index is -1.04. The summed E-state index contributed by atoms with van der Waals surface area (Å²) in [7, 11) is 0. The molecule has 158 valence electrons. The van der Waals surface area contributed by atoms with Crippen molar-refractivity contribution in [2.45, 2.75) is 31.3 Å². The van der Waals surface area contributed by atoms with Gasteiger partial charge in [-0.1, -0.05) is 53.4 Å². The number of benzene rings is 2. The van der Waals surface area contributed by atoms with Gasteiger partial charge in [0.1, 0.15) is 6.04 Å². The second kappa shape index (κ2) is 9.12. The monoisotopic (exact) mass is 466 g/mol. The lowest BCUT2D eigenvalue weighted by Gasteiger charge is -2.28. The van der Waals surface area contributed by atoms with Crippen LogP contribution < -0.4 is 15.9 Å². The molecule has 2 aliphatic rings. The molecule has 0 aromatic heterocycles. The fourth-order valence-electron chi connectivity index (χ4n) is 3.82. The Morgan fingerprint density at radius 2 is 1.63 bits per heavy atom. The molecular formula is C21H21Cl3N4O2. The molecule has 2 unspecified atom stereocenters. The quantitative estimate of drug-likeness (QED) is 0.661. The summed E-state index contributed by atoms with van der Waals surface area (Å²) in [6, 6.07) is 10.2. The van der Waals surface area contributed by atoms with Crippen LogP contribution in [0.4, 0.5) is 5.69 Å². The summed E-state index contributed by atoms with van der Waals surface area (Å²) in [4.78, 5) is 26.3. The zero-order valence-corrected chi connectivity index (χ0v) is 18.3. The van der Waals surface area contributed by atoms with E-state index in [0.717, 1.165) is 32.4 Å². The number of halogens is 3. The number of rotatable bonds is 4. The first-order valence-corrected chi connectivity index (χ1v) is 10.9. The number of ketones is 1. The van der Waals surface area contributed by atoms with Crippen molar-refractivity contribution < 1.29 is 9.59 Å². The lowest BCUT2D eigenvalue weighted by Crippen LogP contribution is -2.53. The SMILES string of the molecule is O=C(NN1CCCCC1)C1NN(c2ccc(Cl)cc2Cl)C(c2ccc(Cl)cc2)C1=O. The molecule has 9 heteroatoms. The molecule has 6 nitrogen and oxygen atoms in total. The Labute approximate surface area is 190 Å². The van der Waals surface area contributed by atoms with Crippen molar-refractivity contribution in [1.82, 2.24) is 15.9 Å². The summed E-state index contributed by atoms with van der Waals surface area (Å²) in [5, 5.41) is 4.92. The molecule has 0 aliphatic carbocycles. The van der Waals surface area contributed by atoms with Gasteiger partial charge in [0.2, 0.25) is 0 Å². The number of nitrogens with zero attached hydrogens (tertiary/aromatic N) is 2. The third-order valence-electron chi connectivity index (χ3n) is 5.32. The number of carbonyl (C=O) groups is 2. The highest BCUT2D eigenvalue weighted by atomic mass is 35.5. The molecule has 2 fully saturated rings. The van der Waals surface area contributed by atoms with E-state index in [9.17, 15) is 9.59 Å². The fraction of sp³-hybridized carbons (Fsp3) is 0.333. The molecule has 1 amide bonds. The van der Waals surface area contributed by atoms with E-state index in [4.69, 9.17) is 34.8 Å². The number of hydrogen-bond donors (Lipinski definition) is 2. The molecule has 4 rings (SSSR count). The first-order valence-electron chi connectivity index (χ1n) is 9.79. The summed E-state index contributed by atoms with van der Waals surface area (Å²) in [6.07, 6.45) is 3.19. The smallest absolute Gasteiger partial charge is 0.260 e. The van der Waals surface area contributed by atoms with Crippen LogP contribution in [0.2, 0.25) is 15.1 Å². The van der Waals surface area contributed by atoms with Crippen LogP contribution in [0.5, 0.6) is 0 Å². The summed E-state index contributed by atoms with van der Waals surface area (Å²) in [5.74, 6) is -0.647. The molecule has 30 heavy (non-hydrogen) atoms. The molecule has 0 radical (unpaired) electrons. The fourth-order valence-corrected chi connectivity index (χ4v) is 4.45. The molecule has 2 atom stereocenters. The Morgan fingerprint density at radius 3 is 2.30 bits per heavy atom. The normalized spacial score (nSPS) is 22.4. The van der Waals surface area contributed by atoms with Crippen LogP contribution in [0.1, 0.15) is 30.9 Å². The Hall–Kier alpha value is -1.83. The number of carbonyl (C=O) groups excluding carboxylic acids is 2. The summed E-state index contributed by atoms with van der Waals surface area (Å²) < 4.78 is 0. The largest absolute Gasteiger partial charge is 0.294 e. The van der Waals surface area contributed by atoms with Crippen molar-refractivity contribution in [3.05, 3.63) is 63.1 Å². The lowest BCUT2D eigenvalue weighted by molar-refractivity contribution is -0.133. The van der Waals surface area contributed by atoms with Crippen molar-refractivity contribution in [1.29, 1.82) is 0 Å². The van der Waals surface area contributed by atoms with Gasteiger partial charge in [-0.25, -0.2) is 10.4 Å². The average Bonchev–Trinajstić information content (AvgIpc) is 3.06. The molecule has 0 bridgehead atoms. The van der Waals surface area contributed by atoms with Crippen LogP contribution in [0.3, 0.4) is 0 Å². The highest BCUT2D eigenvalue weighted by Crippen LogP contribution is 2.37. The van der Waals surface area contributed by atoms with E-state index < -0.39 is 12.1 Å². The van der Waals surface area contributed by atoms with Gasteiger partial charge in [0, 0.05) is 23.1 Å². The Kier molecular flexibility index (Phi) is 6.51. The van der Waals surface area contributed by atoms with Crippen molar-refractivity contribution in [3.8, 4) is 0 Å². The van der Waals surface area contributed by atoms with Gasteiger partial charge >= 0.3 is 0 Å². The summed E-state index contributed by atoms with van der Waals surface area (Å²) in [6.45, 7) is 1.56. The Balaban J connectivity index is 1.65. The molecule has 2 heterocycles. The van der Waals surface area contributed by atoms with Crippen molar-refractivity contribution in [2.24, 2.45) is 0 Å². The van der Waals surface area contributed by atoms with E-state index in [2.05, 4.69) is 10.9 Å². The number of Topliss-reactive ketones (excluding diaryl/α,β-unsaturated/α-hetero) is 1. The predicted octanol–water partition coefficient (Wildman–Crippen LogP) is 4.17. The second-order valence-corrected chi connectivity index (χ2v) is 8.69. The van der Waals surface area contributed by atoms with Gasteiger partial charge in [0.25, 0.3) is 5.91 Å². The topological polar surface area (TPSA) is 64.7 Å². The maximum atomic E-state index is 13.4. The number of nitrogens with one attached hydrogen (secondary N) is 2. The third kappa shape index (κ3) is 4.43. The maximum Gasteiger partial charge on any atom is 0.260 e. The van der Waals surface area contributed by atoms with Gasteiger partial charge in [-0.15, -0.1) is 0 Å². The van der Waals surface area contributed by atoms with Crippen LogP contribution in [-0.2, 0) is 9.59 Å². The zero-order chi connectivity index (χ0) is 21.3. The van der Waals surface area contributed by atoms with Gasteiger partial charge < -0.3 is 0 Å². The van der Waals surface area contributed by atoms with Crippen molar-refractivity contribution in [3.63, 3.8) is 0 Å². The summed E-state index contributed by atoms with van der Waals surface area (Å²) in [5.41, 5.74) is 7.19. The first kappa shape index (κ1) is 21.4. The van der Waals surface area contributed by atoms with E-state index in [1.165, 1.54) is 0 Å². The average molecular weight is 468 g/mol. The van der Waals surface area contributed by atoms with E-state index in [-0.39, 0.29) is 11.7 Å². The van der Waals surface area contributed by atoms with E-state index in [0.29, 0.717) is 26.3 Å². The molecule has 0 saturated carbocycles. The molecule has 2 saturated heterocycles. The van der Waals surface area contributed by atoms with Gasteiger partial charge in [-0.05, 0) is 48.7 Å². The van der Waals surface area contributed by atoms with Gasteiger partial charge in [0.05, 0.1) is 10.7 Å². The summed E-state index contributed by atoms with van der Waals surface area (Å²) >= 11 is 18.5. The predicted molar refractivity (Wildman–Crippen MR) is 119 cm³/mol. The minimum absolute atomic E-state index is 0.266. The van der Waals surface area contributed by atoms with Crippen LogP contribution in [-0.4, -0.2) is 35.8 Å². The third-order valence-corrected chi connectivity index (χ3v) is 6.11. The second-order valence-electron chi connectivity index (χ2n) is 7.41. The number of anilines is 1. The molecule has 2 aromatic rings. The van der Waals surface area contributed by atoms with E-state index >= 15 is 0 Å². The highest BCUT2D eigenvalue weighted by Gasteiger charge is 2.46.